The van der Waals surface area contributed by atoms with Gasteiger partial charge in [0.1, 0.15) is 0 Å². The summed E-state index contributed by atoms with van der Waals surface area (Å²) in [5.74, 6) is 0.566. The van der Waals surface area contributed by atoms with Crippen molar-refractivity contribution in [1.82, 2.24) is 4.90 Å². The van der Waals surface area contributed by atoms with Crippen LogP contribution in [0, 0.1) is 17.2 Å². The maximum atomic E-state index is 12.3. The Labute approximate surface area is 123 Å². The Hall–Kier alpha value is -1.18. The van der Waals surface area contributed by atoms with Crippen LogP contribution in [0.3, 0.4) is 0 Å². The van der Waals surface area contributed by atoms with E-state index in [1.807, 2.05) is 24.3 Å². The lowest BCUT2D eigenvalue weighted by atomic mass is 10.1. The average molecular weight is 323 g/mol. The zero-order valence-corrected chi connectivity index (χ0v) is 13.0. The van der Waals surface area contributed by atoms with E-state index >= 15 is 0 Å². The zero-order valence-electron chi connectivity index (χ0n) is 11.4. The van der Waals surface area contributed by atoms with Crippen molar-refractivity contribution in [1.29, 1.82) is 5.26 Å². The van der Waals surface area contributed by atoms with Crippen molar-refractivity contribution < 1.29 is 4.79 Å². The largest absolute Gasteiger partial charge is 0.295 e. The molecule has 4 heteroatoms. The Kier molecular flexibility index (Phi) is 6.75. The molecule has 0 aromatic heterocycles. The Morgan fingerprint density at radius 1 is 1.42 bits per heavy atom. The molecule has 0 heterocycles. The van der Waals surface area contributed by atoms with Gasteiger partial charge in [0.25, 0.3) is 0 Å². The first kappa shape index (κ1) is 15.9. The average Bonchev–Trinajstić information content (AvgIpc) is 2.35. The monoisotopic (exact) mass is 322 g/mol. The molecule has 19 heavy (non-hydrogen) atoms. The maximum Gasteiger partial charge on any atom is 0.177 e. The normalized spacial score (nSPS) is 10.7. The number of carbonyl (C=O) groups excluding carboxylic acids is 1. The van der Waals surface area contributed by atoms with Gasteiger partial charge in [0.2, 0.25) is 0 Å². The van der Waals surface area contributed by atoms with E-state index in [-0.39, 0.29) is 5.78 Å². The highest BCUT2D eigenvalue weighted by atomic mass is 79.9. The standard InChI is InChI=1S/C15H19BrN2O/c1-12(2)10-18(9-5-8-17)11-15(19)13-6-3-4-7-14(13)16/h3-4,6-7,12H,5,9-11H2,1-2H3. The summed E-state index contributed by atoms with van der Waals surface area (Å²) < 4.78 is 0.824. The number of carbonyl (C=O) groups is 1. The maximum absolute atomic E-state index is 12.3. The van der Waals surface area contributed by atoms with Crippen LogP contribution in [0.25, 0.3) is 0 Å². The number of Topliss-reactive ketones (excluding diaryl/α,β-unsaturated/α-hetero) is 1. The van der Waals surface area contributed by atoms with Gasteiger partial charge in [0.15, 0.2) is 5.78 Å². The fourth-order valence-corrected chi connectivity index (χ4v) is 2.44. The Morgan fingerprint density at radius 2 is 2.11 bits per heavy atom. The molecule has 0 saturated carbocycles. The Bertz CT molecular complexity index is 465. The van der Waals surface area contributed by atoms with E-state index in [0.29, 0.717) is 31.0 Å². The molecule has 0 aliphatic heterocycles. The van der Waals surface area contributed by atoms with Crippen molar-refractivity contribution in [2.24, 2.45) is 5.92 Å². The van der Waals surface area contributed by atoms with Gasteiger partial charge >= 0.3 is 0 Å². The van der Waals surface area contributed by atoms with E-state index in [1.54, 1.807) is 0 Å². The molecule has 1 aromatic rings. The van der Waals surface area contributed by atoms with Gasteiger partial charge in [-0.3, -0.25) is 9.69 Å². The third kappa shape index (κ3) is 5.54. The highest BCUT2D eigenvalue weighted by Gasteiger charge is 2.15. The zero-order chi connectivity index (χ0) is 14.3. The third-order valence-electron chi connectivity index (χ3n) is 2.70. The lowest BCUT2D eigenvalue weighted by Crippen LogP contribution is -2.34. The predicted octanol–water partition coefficient (Wildman–Crippen LogP) is 3.50. The Balaban J connectivity index is 2.70. The summed E-state index contributed by atoms with van der Waals surface area (Å²) in [6.07, 6.45) is 0.454. The summed E-state index contributed by atoms with van der Waals surface area (Å²) in [7, 11) is 0. The van der Waals surface area contributed by atoms with Crippen molar-refractivity contribution in [2.45, 2.75) is 20.3 Å². The van der Waals surface area contributed by atoms with E-state index in [2.05, 4.69) is 40.7 Å². The molecule has 0 bridgehead atoms. The Morgan fingerprint density at radius 3 is 2.68 bits per heavy atom. The van der Waals surface area contributed by atoms with Crippen LogP contribution < -0.4 is 0 Å². The van der Waals surface area contributed by atoms with Crippen LogP contribution in [0.1, 0.15) is 30.6 Å². The number of hydrogen-bond donors (Lipinski definition) is 0. The van der Waals surface area contributed by atoms with E-state index in [4.69, 9.17) is 5.26 Å². The first-order valence-corrected chi connectivity index (χ1v) is 7.21. The minimum absolute atomic E-state index is 0.0889. The van der Waals surface area contributed by atoms with Crippen molar-refractivity contribution in [3.63, 3.8) is 0 Å². The number of hydrogen-bond acceptors (Lipinski definition) is 3. The molecule has 0 aliphatic rings. The number of halogens is 1. The van der Waals surface area contributed by atoms with Gasteiger partial charge in [-0.15, -0.1) is 0 Å². The highest BCUT2D eigenvalue weighted by Crippen LogP contribution is 2.17. The smallest absolute Gasteiger partial charge is 0.177 e. The molecule has 0 aliphatic carbocycles. The van der Waals surface area contributed by atoms with Crippen molar-refractivity contribution >= 4 is 21.7 Å². The van der Waals surface area contributed by atoms with Crippen molar-refractivity contribution in [3.8, 4) is 6.07 Å². The topological polar surface area (TPSA) is 44.1 Å². The van der Waals surface area contributed by atoms with E-state index < -0.39 is 0 Å². The molecule has 0 amide bonds. The number of ketones is 1. The van der Waals surface area contributed by atoms with Gasteiger partial charge in [-0.05, 0) is 12.0 Å². The quantitative estimate of drug-likeness (QED) is 0.721. The molecule has 102 valence electrons. The van der Waals surface area contributed by atoms with Crippen molar-refractivity contribution in [2.75, 3.05) is 19.6 Å². The summed E-state index contributed by atoms with van der Waals surface area (Å²) in [5.41, 5.74) is 0.702. The van der Waals surface area contributed by atoms with Gasteiger partial charge in [0, 0.05) is 29.5 Å². The van der Waals surface area contributed by atoms with Crippen LogP contribution in [-0.2, 0) is 0 Å². The van der Waals surface area contributed by atoms with E-state index in [0.717, 1.165) is 11.0 Å². The number of nitrogens with zero attached hydrogens (tertiary/aromatic N) is 2. The molecule has 0 fully saturated rings. The molecule has 1 rings (SSSR count). The molecule has 0 saturated heterocycles. The second-order valence-electron chi connectivity index (χ2n) is 4.94. The minimum atomic E-state index is 0.0889. The molecule has 0 atom stereocenters. The second-order valence-corrected chi connectivity index (χ2v) is 5.79. The summed E-state index contributed by atoms with van der Waals surface area (Å²) in [6, 6.07) is 9.58. The van der Waals surface area contributed by atoms with Crippen LogP contribution in [0.15, 0.2) is 28.7 Å². The van der Waals surface area contributed by atoms with Gasteiger partial charge < -0.3 is 0 Å². The molecule has 0 spiro atoms. The summed E-state index contributed by atoms with van der Waals surface area (Å²) in [4.78, 5) is 14.3. The minimum Gasteiger partial charge on any atom is -0.295 e. The predicted molar refractivity (Wildman–Crippen MR) is 80.0 cm³/mol. The van der Waals surface area contributed by atoms with Gasteiger partial charge in [0.05, 0.1) is 12.6 Å². The van der Waals surface area contributed by atoms with E-state index in [9.17, 15) is 4.79 Å². The van der Waals surface area contributed by atoms with Crippen LogP contribution in [-0.4, -0.2) is 30.3 Å². The molecule has 3 nitrogen and oxygen atoms in total. The lowest BCUT2D eigenvalue weighted by molar-refractivity contribution is 0.0923. The van der Waals surface area contributed by atoms with Crippen molar-refractivity contribution in [3.05, 3.63) is 34.3 Å². The van der Waals surface area contributed by atoms with Crippen LogP contribution >= 0.6 is 15.9 Å². The van der Waals surface area contributed by atoms with Gasteiger partial charge in [-0.2, -0.15) is 5.26 Å². The SMILES string of the molecule is CC(C)CN(CCC#N)CC(=O)c1ccccc1Br. The van der Waals surface area contributed by atoms with E-state index in [1.165, 1.54) is 0 Å². The van der Waals surface area contributed by atoms with Gasteiger partial charge in [-0.25, -0.2) is 0 Å². The first-order chi connectivity index (χ1) is 9.04. The second kappa shape index (κ2) is 8.08. The third-order valence-corrected chi connectivity index (χ3v) is 3.40. The summed E-state index contributed by atoms with van der Waals surface area (Å²) in [6.45, 7) is 6.07. The summed E-state index contributed by atoms with van der Waals surface area (Å²) >= 11 is 3.40. The fraction of sp³-hybridized carbons (Fsp3) is 0.467. The molecular weight excluding hydrogens is 304 g/mol. The number of rotatable bonds is 7. The van der Waals surface area contributed by atoms with Crippen LogP contribution in [0.2, 0.25) is 0 Å². The molecular formula is C15H19BrN2O. The van der Waals surface area contributed by atoms with Crippen LogP contribution in [0.5, 0.6) is 0 Å². The highest BCUT2D eigenvalue weighted by molar-refractivity contribution is 9.10. The molecule has 1 aromatic carbocycles. The fourth-order valence-electron chi connectivity index (χ4n) is 1.94. The van der Waals surface area contributed by atoms with Crippen LogP contribution in [0.4, 0.5) is 0 Å². The lowest BCUT2D eigenvalue weighted by Gasteiger charge is -2.22. The summed E-state index contributed by atoms with van der Waals surface area (Å²) in [5, 5.41) is 8.68. The number of benzene rings is 1. The first-order valence-electron chi connectivity index (χ1n) is 6.41. The van der Waals surface area contributed by atoms with Gasteiger partial charge in [-0.1, -0.05) is 48.0 Å². The number of nitriles is 1. The molecule has 0 N–H and O–H groups in total. The molecule has 0 unspecified atom stereocenters. The molecule has 0 radical (unpaired) electrons.